The lowest BCUT2D eigenvalue weighted by atomic mass is 9.93. The first-order valence-corrected chi connectivity index (χ1v) is 4.84. The Bertz CT molecular complexity index is 220. The molecule has 2 heterocycles. The third-order valence-electron chi connectivity index (χ3n) is 3.19. The number of fused-ring (bicyclic) bond motifs is 1. The smallest absolute Gasteiger partial charge is 0.320 e. The molecule has 0 aromatic heterocycles. The average molecular weight is 184 g/mol. The summed E-state index contributed by atoms with van der Waals surface area (Å²) in [7, 11) is 2.10. The first-order valence-electron chi connectivity index (χ1n) is 4.84. The van der Waals surface area contributed by atoms with Crippen molar-refractivity contribution in [1.29, 1.82) is 0 Å². The van der Waals surface area contributed by atoms with Crippen molar-refractivity contribution >= 4 is 5.97 Å². The van der Waals surface area contributed by atoms with E-state index < -0.39 is 5.97 Å². The fourth-order valence-corrected chi connectivity index (χ4v) is 2.47. The van der Waals surface area contributed by atoms with Crippen LogP contribution in [0.25, 0.3) is 0 Å². The van der Waals surface area contributed by atoms with Crippen LogP contribution in [0.1, 0.15) is 12.8 Å². The maximum Gasteiger partial charge on any atom is 0.320 e. The van der Waals surface area contributed by atoms with Gasteiger partial charge in [0.1, 0.15) is 6.04 Å². The van der Waals surface area contributed by atoms with E-state index >= 15 is 0 Å². The van der Waals surface area contributed by atoms with Crippen LogP contribution in [0.5, 0.6) is 0 Å². The predicted molar refractivity (Wildman–Crippen MR) is 48.6 cm³/mol. The first-order chi connectivity index (χ1) is 6.16. The molecule has 0 radical (unpaired) electrons. The van der Waals surface area contributed by atoms with Gasteiger partial charge in [-0.15, -0.1) is 0 Å². The van der Waals surface area contributed by atoms with E-state index in [0.717, 1.165) is 25.9 Å². The molecule has 0 aromatic rings. The molecule has 0 bridgehead atoms. The number of carboxylic acid groups (broad SMARTS) is 1. The molecular formula is C9H16N2O2. The number of aliphatic carboxylic acids is 1. The van der Waals surface area contributed by atoms with Gasteiger partial charge in [-0.05, 0) is 32.4 Å². The molecule has 0 amide bonds. The van der Waals surface area contributed by atoms with E-state index in [1.54, 1.807) is 0 Å². The Morgan fingerprint density at radius 1 is 1.62 bits per heavy atom. The average Bonchev–Trinajstić information content (AvgIpc) is 2.46. The van der Waals surface area contributed by atoms with Crippen LogP contribution in [-0.4, -0.2) is 48.2 Å². The van der Waals surface area contributed by atoms with Gasteiger partial charge in [0.15, 0.2) is 0 Å². The molecule has 0 saturated carbocycles. The summed E-state index contributed by atoms with van der Waals surface area (Å²) in [6.45, 7) is 2.13. The monoisotopic (exact) mass is 184 g/mol. The van der Waals surface area contributed by atoms with E-state index in [-0.39, 0.29) is 6.04 Å². The molecule has 4 heteroatoms. The van der Waals surface area contributed by atoms with E-state index in [9.17, 15) is 4.79 Å². The van der Waals surface area contributed by atoms with Crippen LogP contribution in [-0.2, 0) is 4.79 Å². The number of likely N-dealkylation sites (tertiary alicyclic amines) is 1. The first kappa shape index (κ1) is 8.97. The van der Waals surface area contributed by atoms with Crippen LogP contribution in [0, 0.1) is 5.92 Å². The van der Waals surface area contributed by atoms with Gasteiger partial charge in [0.25, 0.3) is 0 Å². The Labute approximate surface area is 77.9 Å². The van der Waals surface area contributed by atoms with E-state index in [4.69, 9.17) is 5.11 Å². The highest BCUT2D eigenvalue weighted by molar-refractivity contribution is 5.74. The zero-order chi connectivity index (χ0) is 9.42. The molecule has 3 unspecified atom stereocenters. The number of hydrogen-bond acceptors (Lipinski definition) is 3. The zero-order valence-electron chi connectivity index (χ0n) is 7.86. The number of rotatable bonds is 1. The fourth-order valence-electron chi connectivity index (χ4n) is 2.47. The third kappa shape index (κ3) is 1.69. The standard InChI is InChI=1S/C9H16N2O2/c1-11-3-2-7-6(5-11)4-8(10-7)9(12)13/h6-8,10H,2-5H2,1H3,(H,12,13). The van der Waals surface area contributed by atoms with Crippen molar-refractivity contribution in [3.63, 3.8) is 0 Å². The minimum absolute atomic E-state index is 0.304. The molecular weight excluding hydrogens is 168 g/mol. The quantitative estimate of drug-likeness (QED) is 0.590. The molecule has 2 N–H and O–H groups in total. The van der Waals surface area contributed by atoms with E-state index in [1.165, 1.54) is 0 Å². The van der Waals surface area contributed by atoms with Gasteiger partial charge in [-0.3, -0.25) is 4.79 Å². The summed E-state index contributed by atoms with van der Waals surface area (Å²) in [6, 6.07) is 0.138. The second-order valence-corrected chi connectivity index (χ2v) is 4.21. The normalized spacial score (nSPS) is 40.2. The van der Waals surface area contributed by atoms with Gasteiger partial charge in [0.05, 0.1) is 0 Å². The number of carbonyl (C=O) groups is 1. The van der Waals surface area contributed by atoms with Crippen molar-refractivity contribution in [1.82, 2.24) is 10.2 Å². The van der Waals surface area contributed by atoms with Crippen molar-refractivity contribution < 1.29 is 9.90 Å². The Morgan fingerprint density at radius 2 is 2.38 bits per heavy atom. The molecule has 13 heavy (non-hydrogen) atoms. The summed E-state index contributed by atoms with van der Waals surface area (Å²) in [5.74, 6) is -0.156. The maximum absolute atomic E-state index is 10.8. The van der Waals surface area contributed by atoms with Gasteiger partial charge in [-0.25, -0.2) is 0 Å². The Morgan fingerprint density at radius 3 is 3.08 bits per heavy atom. The molecule has 4 nitrogen and oxygen atoms in total. The SMILES string of the molecule is CN1CCC2NC(C(=O)O)CC2C1. The summed E-state index contributed by atoms with van der Waals surface area (Å²) < 4.78 is 0. The van der Waals surface area contributed by atoms with Crippen LogP contribution in [0.3, 0.4) is 0 Å². The van der Waals surface area contributed by atoms with Gasteiger partial charge < -0.3 is 15.3 Å². The Balaban J connectivity index is 1.98. The molecule has 2 aliphatic heterocycles. The van der Waals surface area contributed by atoms with Crippen molar-refractivity contribution in [2.24, 2.45) is 5.92 Å². The molecule has 2 rings (SSSR count). The highest BCUT2D eigenvalue weighted by Gasteiger charge is 2.39. The van der Waals surface area contributed by atoms with Gasteiger partial charge in [-0.1, -0.05) is 0 Å². The summed E-state index contributed by atoms with van der Waals surface area (Å²) in [6.07, 6.45) is 1.88. The van der Waals surface area contributed by atoms with Crippen molar-refractivity contribution in [2.45, 2.75) is 24.9 Å². The third-order valence-corrected chi connectivity index (χ3v) is 3.19. The Kier molecular flexibility index (Phi) is 2.26. The zero-order valence-corrected chi connectivity index (χ0v) is 7.86. The maximum atomic E-state index is 10.8. The molecule has 74 valence electrons. The highest BCUT2D eigenvalue weighted by atomic mass is 16.4. The van der Waals surface area contributed by atoms with Crippen LogP contribution >= 0.6 is 0 Å². The summed E-state index contributed by atoms with van der Waals surface area (Å²) in [5, 5.41) is 12.0. The lowest BCUT2D eigenvalue weighted by Gasteiger charge is -2.31. The second kappa shape index (κ2) is 3.27. The largest absolute Gasteiger partial charge is 0.480 e. The van der Waals surface area contributed by atoms with E-state index in [1.807, 2.05) is 0 Å². The molecule has 0 aliphatic carbocycles. The van der Waals surface area contributed by atoms with Gasteiger partial charge >= 0.3 is 5.97 Å². The molecule has 0 aromatic carbocycles. The van der Waals surface area contributed by atoms with Gasteiger partial charge in [-0.2, -0.15) is 0 Å². The van der Waals surface area contributed by atoms with Crippen molar-refractivity contribution in [3.8, 4) is 0 Å². The van der Waals surface area contributed by atoms with Gasteiger partial charge in [0, 0.05) is 12.6 Å². The van der Waals surface area contributed by atoms with E-state index in [2.05, 4.69) is 17.3 Å². The lowest BCUT2D eigenvalue weighted by molar-refractivity contribution is -0.139. The number of nitrogens with one attached hydrogen (secondary N) is 1. The minimum atomic E-state index is -0.697. The Hall–Kier alpha value is -0.610. The molecule has 2 fully saturated rings. The van der Waals surface area contributed by atoms with Crippen molar-refractivity contribution in [2.75, 3.05) is 20.1 Å². The minimum Gasteiger partial charge on any atom is -0.480 e. The van der Waals surface area contributed by atoms with Crippen LogP contribution in [0.2, 0.25) is 0 Å². The van der Waals surface area contributed by atoms with E-state index in [0.29, 0.717) is 12.0 Å². The topological polar surface area (TPSA) is 52.6 Å². The van der Waals surface area contributed by atoms with Gasteiger partial charge in [0.2, 0.25) is 0 Å². The highest BCUT2D eigenvalue weighted by Crippen LogP contribution is 2.27. The number of carboxylic acids is 1. The molecule has 0 spiro atoms. The molecule has 3 atom stereocenters. The number of piperidine rings is 1. The summed E-state index contributed by atoms with van der Waals surface area (Å²) >= 11 is 0. The van der Waals surface area contributed by atoms with Crippen LogP contribution in [0.4, 0.5) is 0 Å². The van der Waals surface area contributed by atoms with Crippen LogP contribution in [0.15, 0.2) is 0 Å². The number of nitrogens with zero attached hydrogens (tertiary/aromatic N) is 1. The second-order valence-electron chi connectivity index (χ2n) is 4.21. The fraction of sp³-hybridized carbons (Fsp3) is 0.889. The van der Waals surface area contributed by atoms with Crippen LogP contribution < -0.4 is 5.32 Å². The number of hydrogen-bond donors (Lipinski definition) is 2. The summed E-state index contributed by atoms with van der Waals surface area (Å²) in [4.78, 5) is 13.0. The predicted octanol–water partition coefficient (Wildman–Crippen LogP) is -0.247. The van der Waals surface area contributed by atoms with Crippen molar-refractivity contribution in [3.05, 3.63) is 0 Å². The molecule has 2 saturated heterocycles. The molecule has 2 aliphatic rings. The summed E-state index contributed by atoms with van der Waals surface area (Å²) in [5.41, 5.74) is 0. The lowest BCUT2D eigenvalue weighted by Crippen LogP contribution is -2.43.